The predicted octanol–water partition coefficient (Wildman–Crippen LogP) is 4.66. The normalized spacial score (nSPS) is 17.0. The van der Waals surface area contributed by atoms with Gasteiger partial charge in [-0.3, -0.25) is 4.79 Å². The van der Waals surface area contributed by atoms with Gasteiger partial charge in [0.05, 0.1) is 10.5 Å². The fourth-order valence-electron chi connectivity index (χ4n) is 3.82. The summed E-state index contributed by atoms with van der Waals surface area (Å²) in [4.78, 5) is 26.2. The average Bonchev–Trinajstić information content (AvgIpc) is 3.58. The molecule has 2 heterocycles. The lowest BCUT2D eigenvalue weighted by atomic mass is 10.1. The Labute approximate surface area is 179 Å². The van der Waals surface area contributed by atoms with Crippen LogP contribution in [0.2, 0.25) is 10.0 Å². The maximum atomic E-state index is 12.4. The summed E-state index contributed by atoms with van der Waals surface area (Å²) in [5.41, 5.74) is 1.58. The molecule has 0 unspecified atom stereocenters. The van der Waals surface area contributed by atoms with Crippen LogP contribution in [0.4, 0.5) is 5.82 Å². The van der Waals surface area contributed by atoms with E-state index in [9.17, 15) is 4.79 Å². The summed E-state index contributed by atoms with van der Waals surface area (Å²) in [7, 11) is 0. The lowest BCUT2D eigenvalue weighted by Crippen LogP contribution is -2.49. The van der Waals surface area contributed by atoms with Crippen molar-refractivity contribution in [3.05, 3.63) is 52.5 Å². The third-order valence-corrected chi connectivity index (χ3v) is 6.14. The van der Waals surface area contributed by atoms with Crippen molar-refractivity contribution >= 4 is 45.8 Å². The lowest BCUT2D eigenvalue weighted by Gasteiger charge is -2.36. The highest BCUT2D eigenvalue weighted by Gasteiger charge is 2.35. The quantitative estimate of drug-likeness (QED) is 0.610. The van der Waals surface area contributed by atoms with Crippen LogP contribution in [0.15, 0.2) is 42.5 Å². The number of amides is 1. The molecule has 2 fully saturated rings. The third-order valence-electron chi connectivity index (χ3n) is 5.57. The van der Waals surface area contributed by atoms with Gasteiger partial charge in [-0.05, 0) is 43.2 Å². The van der Waals surface area contributed by atoms with Gasteiger partial charge < -0.3 is 9.80 Å². The van der Waals surface area contributed by atoms with Crippen LogP contribution in [0.25, 0.3) is 22.3 Å². The number of benzene rings is 2. The molecule has 2 aromatic carbocycles. The van der Waals surface area contributed by atoms with E-state index in [0.717, 1.165) is 61.3 Å². The van der Waals surface area contributed by atoms with Crippen LogP contribution >= 0.6 is 23.2 Å². The zero-order chi connectivity index (χ0) is 20.0. The topological polar surface area (TPSA) is 49.3 Å². The second-order valence-corrected chi connectivity index (χ2v) is 8.44. The Morgan fingerprint density at radius 2 is 1.72 bits per heavy atom. The molecule has 1 saturated carbocycles. The van der Waals surface area contributed by atoms with Crippen LogP contribution in [-0.2, 0) is 4.79 Å². The monoisotopic (exact) mass is 426 g/mol. The number of carbonyl (C=O) groups excluding carboxylic acids is 1. The number of rotatable bonds is 3. The van der Waals surface area contributed by atoms with Crippen LogP contribution in [0.1, 0.15) is 12.8 Å². The van der Waals surface area contributed by atoms with Gasteiger partial charge in [-0.25, -0.2) is 9.97 Å². The summed E-state index contributed by atoms with van der Waals surface area (Å²) in [6.45, 7) is 2.93. The lowest BCUT2D eigenvalue weighted by molar-refractivity contribution is -0.132. The molecule has 2 aliphatic rings. The molecule has 0 spiro atoms. The minimum atomic E-state index is 0.260. The van der Waals surface area contributed by atoms with Crippen molar-refractivity contribution in [3.63, 3.8) is 0 Å². The van der Waals surface area contributed by atoms with E-state index in [1.807, 2.05) is 47.4 Å². The van der Waals surface area contributed by atoms with Crippen molar-refractivity contribution in [2.24, 2.45) is 5.92 Å². The van der Waals surface area contributed by atoms with Crippen LogP contribution < -0.4 is 4.90 Å². The Bertz CT molecular complexity index is 1090. The van der Waals surface area contributed by atoms with Gasteiger partial charge in [-0.1, -0.05) is 35.3 Å². The van der Waals surface area contributed by atoms with Gasteiger partial charge in [-0.15, -0.1) is 0 Å². The molecule has 29 heavy (non-hydrogen) atoms. The first-order chi connectivity index (χ1) is 14.1. The van der Waals surface area contributed by atoms with E-state index >= 15 is 0 Å². The number of piperazine rings is 1. The summed E-state index contributed by atoms with van der Waals surface area (Å²) >= 11 is 12.6. The molecule has 148 valence electrons. The van der Waals surface area contributed by atoms with Gasteiger partial charge in [0.1, 0.15) is 5.82 Å². The Hall–Kier alpha value is -2.37. The van der Waals surface area contributed by atoms with Crippen molar-refractivity contribution in [1.82, 2.24) is 14.9 Å². The molecule has 1 aliphatic heterocycles. The Morgan fingerprint density at radius 1 is 0.966 bits per heavy atom. The summed E-state index contributed by atoms with van der Waals surface area (Å²) in [6.07, 6.45) is 2.08. The minimum absolute atomic E-state index is 0.260. The first kappa shape index (κ1) is 18.6. The van der Waals surface area contributed by atoms with Crippen molar-refractivity contribution in [1.29, 1.82) is 0 Å². The van der Waals surface area contributed by atoms with Crippen LogP contribution in [0.5, 0.6) is 0 Å². The fourth-order valence-corrected chi connectivity index (χ4v) is 4.20. The number of hydrogen-bond donors (Lipinski definition) is 0. The highest BCUT2D eigenvalue weighted by Crippen LogP contribution is 2.34. The van der Waals surface area contributed by atoms with E-state index in [1.165, 1.54) is 0 Å². The van der Waals surface area contributed by atoms with E-state index in [2.05, 4.69) is 4.90 Å². The molecular formula is C22H20Cl2N4O. The molecular weight excluding hydrogens is 407 g/mol. The number of nitrogens with zero attached hydrogens (tertiary/aromatic N) is 4. The van der Waals surface area contributed by atoms with Gasteiger partial charge in [0.25, 0.3) is 0 Å². The zero-order valence-corrected chi connectivity index (χ0v) is 17.3. The van der Waals surface area contributed by atoms with Gasteiger partial charge in [0.2, 0.25) is 5.91 Å². The predicted molar refractivity (Wildman–Crippen MR) is 117 cm³/mol. The molecule has 7 heteroatoms. The number of carbonyl (C=O) groups is 1. The van der Waals surface area contributed by atoms with Gasteiger partial charge >= 0.3 is 0 Å². The molecule has 5 rings (SSSR count). The van der Waals surface area contributed by atoms with Crippen molar-refractivity contribution in [2.45, 2.75) is 12.8 Å². The van der Waals surface area contributed by atoms with Crippen LogP contribution in [0, 0.1) is 5.92 Å². The van der Waals surface area contributed by atoms with Crippen LogP contribution in [-0.4, -0.2) is 47.0 Å². The second kappa shape index (κ2) is 7.47. The molecule has 5 nitrogen and oxygen atoms in total. The van der Waals surface area contributed by atoms with Crippen molar-refractivity contribution in [2.75, 3.05) is 31.1 Å². The Morgan fingerprint density at radius 3 is 2.45 bits per heavy atom. The van der Waals surface area contributed by atoms with E-state index in [4.69, 9.17) is 33.2 Å². The maximum Gasteiger partial charge on any atom is 0.225 e. The average molecular weight is 427 g/mol. The maximum absolute atomic E-state index is 12.4. The van der Waals surface area contributed by atoms with E-state index in [1.54, 1.807) is 0 Å². The van der Waals surface area contributed by atoms with Crippen molar-refractivity contribution in [3.8, 4) is 11.4 Å². The Balaban J connectivity index is 1.52. The molecule has 0 N–H and O–H groups in total. The number of halogens is 2. The molecule has 1 saturated heterocycles. The van der Waals surface area contributed by atoms with Gasteiger partial charge in [-0.2, -0.15) is 0 Å². The van der Waals surface area contributed by atoms with E-state index in [0.29, 0.717) is 21.8 Å². The molecule has 0 radical (unpaired) electrons. The minimum Gasteiger partial charge on any atom is -0.352 e. The van der Waals surface area contributed by atoms with E-state index in [-0.39, 0.29) is 5.92 Å². The molecule has 0 bridgehead atoms. The summed E-state index contributed by atoms with van der Waals surface area (Å²) in [5, 5.41) is 2.19. The molecule has 1 amide bonds. The third kappa shape index (κ3) is 3.65. The van der Waals surface area contributed by atoms with Crippen molar-refractivity contribution < 1.29 is 4.79 Å². The first-order valence-electron chi connectivity index (χ1n) is 9.86. The SMILES string of the molecule is O=C(C1CC1)N1CCN(c2nc(-c3ccccc3Cl)nc3cc(Cl)ccc23)CC1. The number of hydrogen-bond acceptors (Lipinski definition) is 4. The zero-order valence-electron chi connectivity index (χ0n) is 15.8. The van der Waals surface area contributed by atoms with E-state index < -0.39 is 0 Å². The van der Waals surface area contributed by atoms with Gasteiger partial charge in [0, 0.05) is 48.1 Å². The second-order valence-electron chi connectivity index (χ2n) is 7.60. The summed E-state index contributed by atoms with van der Waals surface area (Å²) in [6, 6.07) is 13.3. The molecule has 3 aromatic rings. The van der Waals surface area contributed by atoms with Crippen LogP contribution in [0.3, 0.4) is 0 Å². The van der Waals surface area contributed by atoms with Gasteiger partial charge in [0.15, 0.2) is 5.82 Å². The number of anilines is 1. The number of aromatic nitrogens is 2. The fraction of sp³-hybridized carbons (Fsp3) is 0.318. The molecule has 1 aromatic heterocycles. The Kier molecular flexibility index (Phi) is 4.80. The number of fused-ring (bicyclic) bond motifs is 1. The highest BCUT2D eigenvalue weighted by atomic mass is 35.5. The molecule has 1 aliphatic carbocycles. The summed E-state index contributed by atoms with van der Waals surface area (Å²) in [5.74, 6) is 2.01. The largest absolute Gasteiger partial charge is 0.352 e. The summed E-state index contributed by atoms with van der Waals surface area (Å²) < 4.78 is 0. The first-order valence-corrected chi connectivity index (χ1v) is 10.6. The highest BCUT2D eigenvalue weighted by molar-refractivity contribution is 6.33. The smallest absolute Gasteiger partial charge is 0.225 e. The molecule has 0 atom stereocenters. The standard InChI is InChI=1S/C22H20Cl2N4O/c23-15-7-8-17-19(13-15)25-20(16-3-1-2-4-18(16)24)26-21(17)27-9-11-28(12-10-27)22(29)14-5-6-14/h1-4,7-8,13-14H,5-6,9-12H2.